The number of carboxylic acids is 1. The minimum absolute atomic E-state index is 0.184. The highest BCUT2D eigenvalue weighted by Crippen LogP contribution is 2.52. The third-order valence-electron chi connectivity index (χ3n) is 6.33. The average Bonchev–Trinajstić information content (AvgIpc) is 3.32. The molecular weight excluding hydrogens is 402 g/mol. The highest BCUT2D eigenvalue weighted by atomic mass is 32.2. The lowest BCUT2D eigenvalue weighted by molar-refractivity contribution is -0.137. The second-order valence-corrected chi connectivity index (χ2v) is 9.91. The topological polar surface area (TPSA) is 92.7 Å². The Bertz CT molecular complexity index is 893. The third kappa shape index (κ3) is 6.19. The van der Waals surface area contributed by atoms with Crippen molar-refractivity contribution in [1.29, 1.82) is 0 Å². The summed E-state index contributed by atoms with van der Waals surface area (Å²) < 4.78 is 32.9. The van der Waals surface area contributed by atoms with E-state index in [0.717, 1.165) is 18.4 Å². The Kier molecular flexibility index (Phi) is 7.72. The molecular formula is C23H31NO5S. The quantitative estimate of drug-likeness (QED) is 0.406. The number of ether oxygens (including phenoxy) is 1. The summed E-state index contributed by atoms with van der Waals surface area (Å²) in [5.74, 6) is 1.78. The molecule has 0 aliphatic heterocycles. The summed E-state index contributed by atoms with van der Waals surface area (Å²) in [5, 5.41) is 9.95. The van der Waals surface area contributed by atoms with E-state index in [4.69, 9.17) is 9.84 Å². The van der Waals surface area contributed by atoms with Crippen LogP contribution in [0.15, 0.2) is 41.8 Å². The van der Waals surface area contributed by atoms with Crippen LogP contribution in [0.2, 0.25) is 0 Å². The molecule has 0 aromatic heterocycles. The molecule has 164 valence electrons. The van der Waals surface area contributed by atoms with Gasteiger partial charge in [-0.25, -0.2) is 13.1 Å². The first-order chi connectivity index (χ1) is 14.4. The van der Waals surface area contributed by atoms with E-state index in [9.17, 15) is 13.2 Å². The van der Waals surface area contributed by atoms with Gasteiger partial charge in [0.05, 0.1) is 7.11 Å². The van der Waals surface area contributed by atoms with Gasteiger partial charge in [0.25, 0.3) is 0 Å². The van der Waals surface area contributed by atoms with E-state index in [0.29, 0.717) is 42.4 Å². The normalized spacial score (nSPS) is 26.0. The Morgan fingerprint density at radius 1 is 1.30 bits per heavy atom. The molecule has 4 atom stereocenters. The van der Waals surface area contributed by atoms with Gasteiger partial charge in [-0.1, -0.05) is 24.3 Å². The number of methoxy groups -OCH3 is 1. The Balaban J connectivity index is 1.56. The Morgan fingerprint density at radius 2 is 2.10 bits per heavy atom. The molecule has 2 aliphatic rings. The highest BCUT2D eigenvalue weighted by molar-refractivity contribution is 7.92. The van der Waals surface area contributed by atoms with E-state index in [1.165, 1.54) is 18.2 Å². The van der Waals surface area contributed by atoms with Gasteiger partial charge in [-0.3, -0.25) is 4.79 Å². The van der Waals surface area contributed by atoms with Crippen LogP contribution in [0.3, 0.4) is 0 Å². The van der Waals surface area contributed by atoms with Gasteiger partial charge in [-0.15, -0.1) is 0 Å². The molecule has 30 heavy (non-hydrogen) atoms. The van der Waals surface area contributed by atoms with Gasteiger partial charge in [0.2, 0.25) is 10.0 Å². The lowest BCUT2D eigenvalue weighted by Gasteiger charge is -2.29. The smallest absolute Gasteiger partial charge is 0.303 e. The van der Waals surface area contributed by atoms with Crippen LogP contribution in [-0.2, 0) is 14.8 Å². The first kappa shape index (κ1) is 22.6. The lowest BCUT2D eigenvalue weighted by Crippen LogP contribution is -2.34. The molecule has 4 unspecified atom stereocenters. The number of hydrogen-bond acceptors (Lipinski definition) is 4. The molecule has 0 saturated heterocycles. The van der Waals surface area contributed by atoms with E-state index >= 15 is 0 Å². The fraction of sp³-hybridized carbons (Fsp3) is 0.522. The van der Waals surface area contributed by atoms with E-state index in [1.54, 1.807) is 19.3 Å². The summed E-state index contributed by atoms with van der Waals surface area (Å²) in [7, 11) is -1.95. The van der Waals surface area contributed by atoms with Crippen LogP contribution >= 0.6 is 0 Å². The van der Waals surface area contributed by atoms with Crippen molar-refractivity contribution < 1.29 is 23.1 Å². The minimum Gasteiger partial charge on any atom is -0.497 e. The van der Waals surface area contributed by atoms with Gasteiger partial charge in [0.1, 0.15) is 5.75 Å². The molecule has 2 fully saturated rings. The molecule has 2 aliphatic carbocycles. The van der Waals surface area contributed by atoms with E-state index in [2.05, 4.69) is 16.9 Å². The van der Waals surface area contributed by atoms with E-state index < -0.39 is 16.0 Å². The second kappa shape index (κ2) is 10.3. The molecule has 0 spiro atoms. The molecule has 3 rings (SSSR count). The van der Waals surface area contributed by atoms with Crippen LogP contribution in [0, 0.1) is 23.7 Å². The number of benzene rings is 1. The fourth-order valence-electron chi connectivity index (χ4n) is 4.86. The van der Waals surface area contributed by atoms with Gasteiger partial charge < -0.3 is 9.84 Å². The third-order valence-corrected chi connectivity index (χ3v) is 7.39. The molecule has 1 aromatic carbocycles. The molecule has 1 aromatic rings. The van der Waals surface area contributed by atoms with Crippen LogP contribution in [-0.4, -0.2) is 33.1 Å². The molecule has 2 bridgehead atoms. The Labute approximate surface area is 179 Å². The maximum absolute atomic E-state index is 12.5. The van der Waals surface area contributed by atoms with Crippen molar-refractivity contribution in [2.45, 2.75) is 38.5 Å². The molecule has 7 heteroatoms. The number of carbonyl (C=O) groups is 1. The summed E-state index contributed by atoms with van der Waals surface area (Å²) >= 11 is 0. The molecule has 0 heterocycles. The highest BCUT2D eigenvalue weighted by Gasteiger charge is 2.46. The SMILES string of the molecule is COc1cccc(C=CS(=O)(=O)NCC2C3CCC(C3)C2C=CCCCC(=O)O)c1. The van der Waals surface area contributed by atoms with Crippen molar-refractivity contribution in [1.82, 2.24) is 4.72 Å². The number of aliphatic carboxylic acids is 1. The molecule has 2 saturated carbocycles. The average molecular weight is 434 g/mol. The standard InChI is InChI=1S/C23H31NO5S/c1-29-20-7-5-6-17(14-20)12-13-30(27,28)24-16-22-19-11-10-18(15-19)21(22)8-3-2-4-9-23(25)26/h3,5-8,12-14,18-19,21-22,24H,2,4,9-11,15-16H2,1H3,(H,25,26). The number of hydrogen-bond donors (Lipinski definition) is 2. The van der Waals surface area contributed by atoms with Gasteiger partial charge in [0.15, 0.2) is 0 Å². The molecule has 2 N–H and O–H groups in total. The van der Waals surface area contributed by atoms with Crippen LogP contribution < -0.4 is 9.46 Å². The molecule has 0 amide bonds. The zero-order valence-corrected chi connectivity index (χ0v) is 18.2. The lowest BCUT2D eigenvalue weighted by atomic mass is 9.79. The first-order valence-electron chi connectivity index (χ1n) is 10.6. The van der Waals surface area contributed by atoms with Crippen molar-refractivity contribution >= 4 is 22.1 Å². The maximum atomic E-state index is 12.5. The monoisotopic (exact) mass is 433 g/mol. The number of carboxylic acid groups (broad SMARTS) is 1. The number of rotatable bonds is 11. The van der Waals surface area contributed by atoms with Crippen molar-refractivity contribution in [2.75, 3.05) is 13.7 Å². The van der Waals surface area contributed by atoms with Gasteiger partial charge >= 0.3 is 5.97 Å². The minimum atomic E-state index is -3.53. The Hall–Kier alpha value is -2.12. The predicted molar refractivity (Wildman–Crippen MR) is 117 cm³/mol. The molecule has 6 nitrogen and oxygen atoms in total. The number of nitrogens with one attached hydrogen (secondary N) is 1. The summed E-state index contributed by atoms with van der Waals surface area (Å²) in [5.41, 5.74) is 0.766. The fourth-order valence-corrected chi connectivity index (χ4v) is 5.71. The summed E-state index contributed by atoms with van der Waals surface area (Å²) in [6, 6.07) is 7.25. The zero-order valence-electron chi connectivity index (χ0n) is 17.4. The zero-order chi connectivity index (χ0) is 21.6. The van der Waals surface area contributed by atoms with Crippen molar-refractivity contribution in [3.8, 4) is 5.75 Å². The van der Waals surface area contributed by atoms with Crippen molar-refractivity contribution in [2.24, 2.45) is 23.7 Å². The predicted octanol–water partition coefficient (Wildman–Crippen LogP) is 4.06. The van der Waals surface area contributed by atoms with E-state index in [-0.39, 0.29) is 6.42 Å². The maximum Gasteiger partial charge on any atom is 0.303 e. The Morgan fingerprint density at radius 3 is 2.87 bits per heavy atom. The number of unbranched alkanes of at least 4 members (excludes halogenated alkanes) is 1. The van der Waals surface area contributed by atoms with Crippen LogP contribution in [0.25, 0.3) is 6.08 Å². The van der Waals surface area contributed by atoms with E-state index in [1.807, 2.05) is 18.2 Å². The van der Waals surface area contributed by atoms with Gasteiger partial charge in [-0.2, -0.15) is 0 Å². The van der Waals surface area contributed by atoms with Crippen LogP contribution in [0.5, 0.6) is 5.75 Å². The van der Waals surface area contributed by atoms with Crippen molar-refractivity contribution in [3.05, 3.63) is 47.4 Å². The van der Waals surface area contributed by atoms with Gasteiger partial charge in [-0.05, 0) is 79.5 Å². The second-order valence-electron chi connectivity index (χ2n) is 8.26. The number of fused-ring (bicyclic) bond motifs is 2. The van der Waals surface area contributed by atoms with Gasteiger partial charge in [0, 0.05) is 18.4 Å². The summed E-state index contributed by atoms with van der Waals surface area (Å²) in [6.07, 6.45) is 11.0. The van der Waals surface area contributed by atoms with Crippen LogP contribution in [0.4, 0.5) is 0 Å². The number of sulfonamides is 1. The summed E-state index contributed by atoms with van der Waals surface area (Å²) in [4.78, 5) is 10.6. The van der Waals surface area contributed by atoms with Crippen molar-refractivity contribution in [3.63, 3.8) is 0 Å². The summed E-state index contributed by atoms with van der Waals surface area (Å²) in [6.45, 7) is 0.441. The largest absolute Gasteiger partial charge is 0.497 e. The first-order valence-corrected chi connectivity index (χ1v) is 12.1. The number of allylic oxidation sites excluding steroid dienone is 2. The molecule has 0 radical (unpaired) electrons. The van der Waals surface area contributed by atoms with Crippen LogP contribution in [0.1, 0.15) is 44.1 Å².